The summed E-state index contributed by atoms with van der Waals surface area (Å²) in [5.74, 6) is 6.36. The number of nitriles is 2. The van der Waals surface area contributed by atoms with Crippen LogP contribution in [0.1, 0.15) is 22.3 Å². The molecule has 0 unspecified atom stereocenters. The molecule has 4 aromatic carbocycles. The Labute approximate surface area is 182 Å². The van der Waals surface area contributed by atoms with Crippen LogP contribution < -0.4 is 0 Å². The lowest BCUT2D eigenvalue weighted by atomic mass is 9.92. The quantitative estimate of drug-likeness (QED) is 0.380. The summed E-state index contributed by atoms with van der Waals surface area (Å²) in [5, 5.41) is 18.1. The second-order valence-corrected chi connectivity index (χ2v) is 7.10. The molecule has 0 saturated carbocycles. The lowest BCUT2D eigenvalue weighted by Crippen LogP contribution is -1.88. The van der Waals surface area contributed by atoms with Crippen LogP contribution in [0, 0.1) is 34.5 Å². The fourth-order valence-electron chi connectivity index (χ4n) is 3.40. The largest absolute Gasteiger partial charge is 0.198 e. The van der Waals surface area contributed by atoms with E-state index in [4.69, 9.17) is 5.26 Å². The Balaban J connectivity index is 1.63. The topological polar surface area (TPSA) is 47.6 Å². The van der Waals surface area contributed by atoms with Crippen LogP contribution in [-0.4, -0.2) is 0 Å². The molecule has 0 saturated heterocycles. The van der Waals surface area contributed by atoms with Gasteiger partial charge >= 0.3 is 0 Å². The van der Waals surface area contributed by atoms with Crippen LogP contribution in [-0.2, 0) is 6.42 Å². The minimum Gasteiger partial charge on any atom is -0.198 e. The van der Waals surface area contributed by atoms with Crippen LogP contribution in [0.5, 0.6) is 0 Å². The Kier molecular flexibility index (Phi) is 5.90. The van der Waals surface area contributed by atoms with Gasteiger partial charge in [0.1, 0.15) is 0 Å². The van der Waals surface area contributed by atoms with Crippen molar-refractivity contribution in [3.63, 3.8) is 0 Å². The molecule has 144 valence electrons. The highest BCUT2D eigenvalue weighted by molar-refractivity contribution is 5.84. The lowest BCUT2D eigenvalue weighted by Gasteiger charge is -2.11. The molecule has 0 radical (unpaired) electrons. The normalized spacial score (nSPS) is 9.74. The SMILES string of the molecule is N#CCc1ccc(C#Cc2ccc(-c3cc(C#N)ccc3-c3ccccc3)cc2)cc1. The average Bonchev–Trinajstić information content (AvgIpc) is 2.84. The first-order chi connectivity index (χ1) is 15.3. The standard InChI is InChI=1S/C29H18N2/c30-19-18-24-10-8-22(9-11-24)6-7-23-12-15-27(16-13-23)29-20-25(21-31)14-17-28(29)26-4-2-1-3-5-26/h1-5,8-17,20H,18H2. The van der Waals surface area contributed by atoms with Gasteiger partial charge in [0.2, 0.25) is 0 Å². The van der Waals surface area contributed by atoms with E-state index in [2.05, 4.69) is 36.1 Å². The molecule has 0 amide bonds. The van der Waals surface area contributed by atoms with Crippen LogP contribution >= 0.6 is 0 Å². The molecule has 0 spiro atoms. The zero-order chi connectivity index (χ0) is 21.5. The van der Waals surface area contributed by atoms with E-state index in [1.807, 2.05) is 84.9 Å². The average molecular weight is 394 g/mol. The zero-order valence-electron chi connectivity index (χ0n) is 16.8. The maximum atomic E-state index is 9.36. The molecule has 0 aliphatic carbocycles. The molecule has 2 nitrogen and oxygen atoms in total. The lowest BCUT2D eigenvalue weighted by molar-refractivity contribution is 1.26. The fraction of sp³-hybridized carbons (Fsp3) is 0.0345. The molecular weight excluding hydrogens is 376 g/mol. The van der Waals surface area contributed by atoms with Crippen LogP contribution in [0.4, 0.5) is 0 Å². The van der Waals surface area contributed by atoms with Crippen molar-refractivity contribution in [3.05, 3.63) is 119 Å². The van der Waals surface area contributed by atoms with Crippen molar-refractivity contribution in [2.45, 2.75) is 6.42 Å². The Bertz CT molecular complexity index is 1340. The summed E-state index contributed by atoms with van der Waals surface area (Å²) >= 11 is 0. The van der Waals surface area contributed by atoms with Crippen LogP contribution in [0.3, 0.4) is 0 Å². The van der Waals surface area contributed by atoms with Gasteiger partial charge in [0.15, 0.2) is 0 Å². The first-order valence-electron chi connectivity index (χ1n) is 9.95. The van der Waals surface area contributed by atoms with E-state index < -0.39 is 0 Å². The summed E-state index contributed by atoms with van der Waals surface area (Å²) in [7, 11) is 0. The van der Waals surface area contributed by atoms with Crippen molar-refractivity contribution in [1.29, 1.82) is 10.5 Å². The number of hydrogen-bond donors (Lipinski definition) is 0. The second-order valence-electron chi connectivity index (χ2n) is 7.10. The van der Waals surface area contributed by atoms with Crippen molar-refractivity contribution in [1.82, 2.24) is 0 Å². The highest BCUT2D eigenvalue weighted by Crippen LogP contribution is 2.33. The fourth-order valence-corrected chi connectivity index (χ4v) is 3.40. The van der Waals surface area contributed by atoms with Crippen molar-refractivity contribution in [2.75, 3.05) is 0 Å². The Morgan fingerprint density at radius 2 is 1.13 bits per heavy atom. The third kappa shape index (κ3) is 4.71. The molecule has 0 aromatic heterocycles. The van der Waals surface area contributed by atoms with Gasteiger partial charge in [-0.1, -0.05) is 72.5 Å². The summed E-state index contributed by atoms with van der Waals surface area (Å²) in [4.78, 5) is 0. The Morgan fingerprint density at radius 1 is 0.548 bits per heavy atom. The minimum atomic E-state index is 0.410. The van der Waals surface area contributed by atoms with Gasteiger partial charge in [-0.2, -0.15) is 10.5 Å². The summed E-state index contributed by atoms with van der Waals surface area (Å²) in [6, 6.07) is 36.2. The van der Waals surface area contributed by atoms with Crippen molar-refractivity contribution in [2.24, 2.45) is 0 Å². The predicted octanol–water partition coefficient (Wildman–Crippen LogP) is 6.36. The monoisotopic (exact) mass is 394 g/mol. The van der Waals surface area contributed by atoms with E-state index >= 15 is 0 Å². The minimum absolute atomic E-state index is 0.410. The Hall–Kier alpha value is -4.58. The van der Waals surface area contributed by atoms with Crippen LogP contribution in [0.2, 0.25) is 0 Å². The second kappa shape index (κ2) is 9.28. The van der Waals surface area contributed by atoms with Gasteiger partial charge in [0.05, 0.1) is 24.1 Å². The highest BCUT2D eigenvalue weighted by atomic mass is 14.2. The number of nitrogens with zero attached hydrogens (tertiary/aromatic N) is 2. The number of benzene rings is 4. The first-order valence-corrected chi connectivity index (χ1v) is 9.95. The van der Waals surface area contributed by atoms with Gasteiger partial charge in [0.25, 0.3) is 0 Å². The van der Waals surface area contributed by atoms with Gasteiger partial charge in [-0.15, -0.1) is 0 Å². The zero-order valence-corrected chi connectivity index (χ0v) is 16.8. The van der Waals surface area contributed by atoms with Gasteiger partial charge in [-0.25, -0.2) is 0 Å². The molecule has 4 rings (SSSR count). The summed E-state index contributed by atoms with van der Waals surface area (Å²) in [6.45, 7) is 0. The molecule has 0 bridgehead atoms. The van der Waals surface area contributed by atoms with E-state index in [9.17, 15) is 5.26 Å². The molecule has 0 heterocycles. The molecule has 0 atom stereocenters. The summed E-state index contributed by atoms with van der Waals surface area (Å²) < 4.78 is 0. The molecule has 31 heavy (non-hydrogen) atoms. The molecule has 2 heteroatoms. The van der Waals surface area contributed by atoms with E-state index in [0.29, 0.717) is 12.0 Å². The van der Waals surface area contributed by atoms with Crippen LogP contribution in [0.25, 0.3) is 22.3 Å². The molecular formula is C29H18N2. The predicted molar refractivity (Wildman–Crippen MR) is 124 cm³/mol. The number of hydrogen-bond acceptors (Lipinski definition) is 2. The summed E-state index contributed by atoms with van der Waals surface area (Å²) in [5.41, 5.74) is 7.74. The molecule has 0 N–H and O–H groups in total. The highest BCUT2D eigenvalue weighted by Gasteiger charge is 2.09. The van der Waals surface area contributed by atoms with E-state index in [0.717, 1.165) is 38.9 Å². The van der Waals surface area contributed by atoms with Gasteiger partial charge < -0.3 is 0 Å². The van der Waals surface area contributed by atoms with E-state index in [-0.39, 0.29) is 0 Å². The van der Waals surface area contributed by atoms with Crippen molar-refractivity contribution < 1.29 is 0 Å². The van der Waals surface area contributed by atoms with Gasteiger partial charge in [-0.3, -0.25) is 0 Å². The maximum Gasteiger partial charge on any atom is 0.0991 e. The van der Waals surface area contributed by atoms with Crippen molar-refractivity contribution >= 4 is 0 Å². The van der Waals surface area contributed by atoms with Crippen LogP contribution in [0.15, 0.2) is 97.1 Å². The van der Waals surface area contributed by atoms with Gasteiger partial charge in [-0.05, 0) is 64.2 Å². The smallest absolute Gasteiger partial charge is 0.0991 e. The van der Waals surface area contributed by atoms with E-state index in [1.54, 1.807) is 0 Å². The maximum absolute atomic E-state index is 9.36. The van der Waals surface area contributed by atoms with Gasteiger partial charge in [0, 0.05) is 11.1 Å². The molecule has 0 aliphatic heterocycles. The molecule has 4 aromatic rings. The molecule has 0 aliphatic rings. The van der Waals surface area contributed by atoms with Crippen molar-refractivity contribution in [3.8, 4) is 46.2 Å². The third-order valence-electron chi connectivity index (χ3n) is 5.02. The summed E-state index contributed by atoms with van der Waals surface area (Å²) in [6.07, 6.45) is 0.410. The van der Waals surface area contributed by atoms with E-state index in [1.165, 1.54) is 0 Å². The number of rotatable bonds is 3. The first kappa shape index (κ1) is 19.7. The Morgan fingerprint density at radius 3 is 1.74 bits per heavy atom. The molecule has 0 fully saturated rings. The third-order valence-corrected chi connectivity index (χ3v) is 5.02.